The molecule has 8 nitrogen and oxygen atoms in total. The Hall–Kier alpha value is -3.79. The summed E-state index contributed by atoms with van der Waals surface area (Å²) in [5.41, 5.74) is 1.81. The van der Waals surface area contributed by atoms with E-state index >= 15 is 4.39 Å². The van der Waals surface area contributed by atoms with Crippen LogP contribution in [0.25, 0.3) is 11.3 Å². The minimum absolute atomic E-state index is 0.0216. The van der Waals surface area contributed by atoms with E-state index in [4.69, 9.17) is 9.84 Å². The van der Waals surface area contributed by atoms with Crippen LogP contribution in [0.4, 0.5) is 19.3 Å². The molecule has 1 aromatic heterocycles. The predicted molar refractivity (Wildman–Crippen MR) is 142 cm³/mol. The molecule has 2 aliphatic heterocycles. The lowest BCUT2D eigenvalue weighted by Crippen LogP contribution is -2.46. The van der Waals surface area contributed by atoms with Crippen LogP contribution < -0.4 is 4.90 Å². The standard InChI is InChI=1S/C29H32F2N4O4/c1-3-4-13-34-17-21(26(32-34)23-9-10-24(30)19(2)25(23)31)16-33-14-11-29(12-15-33)18-35(28(38)39-29)22-7-5-20(6-8-22)27(36)37/h5-10,17H,3-4,11-16,18H2,1-2H3,(H,36,37). The highest BCUT2D eigenvalue weighted by atomic mass is 19.1. The summed E-state index contributed by atoms with van der Waals surface area (Å²) in [6, 6.07) is 8.92. The smallest absolute Gasteiger partial charge is 0.415 e. The second kappa shape index (κ2) is 10.8. The van der Waals surface area contributed by atoms with Crippen LogP contribution in [0, 0.1) is 18.6 Å². The SMILES string of the molecule is CCCCn1cc(CN2CCC3(CC2)CN(c2ccc(C(=O)O)cc2)C(=O)O3)c(-c2ccc(F)c(C)c2F)n1. The number of aromatic nitrogens is 2. The van der Waals surface area contributed by atoms with E-state index in [1.54, 1.807) is 17.0 Å². The van der Waals surface area contributed by atoms with Crippen molar-refractivity contribution >= 4 is 17.7 Å². The van der Waals surface area contributed by atoms with Crippen LogP contribution >= 0.6 is 0 Å². The molecule has 2 fully saturated rings. The summed E-state index contributed by atoms with van der Waals surface area (Å²) < 4.78 is 36.7. The second-order valence-corrected chi connectivity index (χ2v) is 10.4. The van der Waals surface area contributed by atoms with Crippen molar-refractivity contribution < 1.29 is 28.2 Å². The monoisotopic (exact) mass is 538 g/mol. The number of piperidine rings is 1. The van der Waals surface area contributed by atoms with Crippen LogP contribution in [0.1, 0.15) is 54.1 Å². The third-order valence-corrected chi connectivity index (χ3v) is 7.71. The minimum atomic E-state index is -1.02. The number of unbranched alkanes of at least 4 members (excludes halogenated alkanes) is 1. The maximum absolute atomic E-state index is 15.1. The van der Waals surface area contributed by atoms with E-state index in [0.29, 0.717) is 62.5 Å². The van der Waals surface area contributed by atoms with E-state index in [2.05, 4.69) is 16.9 Å². The van der Waals surface area contributed by atoms with Gasteiger partial charge >= 0.3 is 12.1 Å². The van der Waals surface area contributed by atoms with Crippen LogP contribution in [-0.2, 0) is 17.8 Å². The van der Waals surface area contributed by atoms with Crippen molar-refractivity contribution in [2.24, 2.45) is 0 Å². The molecule has 39 heavy (non-hydrogen) atoms. The van der Waals surface area contributed by atoms with Gasteiger partial charge in [0.25, 0.3) is 0 Å². The molecule has 0 radical (unpaired) electrons. The first-order valence-corrected chi connectivity index (χ1v) is 13.3. The van der Waals surface area contributed by atoms with Crippen molar-refractivity contribution in [2.45, 2.75) is 58.2 Å². The number of anilines is 1. The number of hydrogen-bond donors (Lipinski definition) is 1. The van der Waals surface area contributed by atoms with E-state index in [1.165, 1.54) is 31.2 Å². The molecule has 0 aliphatic carbocycles. The topological polar surface area (TPSA) is 87.9 Å². The Morgan fingerprint density at radius 3 is 2.51 bits per heavy atom. The van der Waals surface area contributed by atoms with Gasteiger partial charge in [0.05, 0.1) is 17.8 Å². The molecule has 0 saturated carbocycles. The van der Waals surface area contributed by atoms with Crippen LogP contribution in [0.5, 0.6) is 0 Å². The van der Waals surface area contributed by atoms with Gasteiger partial charge in [0.15, 0.2) is 0 Å². The highest BCUT2D eigenvalue weighted by Crippen LogP contribution is 2.37. The highest BCUT2D eigenvalue weighted by molar-refractivity contribution is 5.92. The van der Waals surface area contributed by atoms with Crippen molar-refractivity contribution in [3.63, 3.8) is 0 Å². The van der Waals surface area contributed by atoms with Gasteiger partial charge in [-0.25, -0.2) is 18.4 Å². The summed E-state index contributed by atoms with van der Waals surface area (Å²) in [7, 11) is 0. The Labute approximate surface area is 225 Å². The number of carbonyl (C=O) groups is 2. The zero-order chi connectivity index (χ0) is 27.7. The number of aryl methyl sites for hydroxylation is 1. The number of hydrogen-bond acceptors (Lipinski definition) is 5. The minimum Gasteiger partial charge on any atom is -0.478 e. The zero-order valence-electron chi connectivity index (χ0n) is 22.1. The molecule has 3 heterocycles. The molecule has 1 amide bonds. The average molecular weight is 539 g/mol. The lowest BCUT2D eigenvalue weighted by molar-refractivity contribution is -0.000949. The van der Waals surface area contributed by atoms with Crippen LogP contribution in [0.15, 0.2) is 42.6 Å². The van der Waals surface area contributed by atoms with Gasteiger partial charge in [-0.2, -0.15) is 5.10 Å². The van der Waals surface area contributed by atoms with Gasteiger partial charge in [-0.05, 0) is 49.7 Å². The summed E-state index contributed by atoms with van der Waals surface area (Å²) in [6.45, 7) is 6.52. The number of nitrogens with zero attached hydrogens (tertiary/aromatic N) is 4. The van der Waals surface area contributed by atoms with Gasteiger partial charge < -0.3 is 9.84 Å². The number of carboxylic acids is 1. The maximum atomic E-state index is 15.1. The van der Waals surface area contributed by atoms with Gasteiger partial charge in [0.2, 0.25) is 0 Å². The number of rotatable bonds is 8. The highest BCUT2D eigenvalue weighted by Gasteiger charge is 2.47. The molecule has 10 heteroatoms. The molecule has 1 N–H and O–H groups in total. The number of ether oxygens (including phenoxy) is 1. The van der Waals surface area contributed by atoms with E-state index in [-0.39, 0.29) is 11.1 Å². The number of aromatic carboxylic acids is 1. The second-order valence-electron chi connectivity index (χ2n) is 10.4. The molecular formula is C29H32F2N4O4. The normalized spacial score (nSPS) is 17.1. The van der Waals surface area contributed by atoms with Gasteiger partial charge in [-0.15, -0.1) is 0 Å². The number of carbonyl (C=O) groups excluding carboxylic acids is 1. The average Bonchev–Trinajstić information content (AvgIpc) is 3.47. The Morgan fingerprint density at radius 2 is 1.85 bits per heavy atom. The van der Waals surface area contributed by atoms with Crippen LogP contribution in [-0.4, -0.2) is 57.1 Å². The predicted octanol–water partition coefficient (Wildman–Crippen LogP) is 5.63. The molecule has 1 spiro atoms. The molecule has 0 bridgehead atoms. The largest absolute Gasteiger partial charge is 0.478 e. The molecule has 3 aromatic rings. The number of halogens is 2. The zero-order valence-corrected chi connectivity index (χ0v) is 22.1. The summed E-state index contributed by atoms with van der Waals surface area (Å²) in [6.07, 6.45) is 4.72. The van der Waals surface area contributed by atoms with E-state index < -0.39 is 29.3 Å². The Bertz CT molecular complexity index is 1380. The van der Waals surface area contributed by atoms with E-state index in [1.807, 2.05) is 10.9 Å². The van der Waals surface area contributed by atoms with Crippen molar-refractivity contribution in [3.8, 4) is 11.3 Å². The Balaban J connectivity index is 1.29. The fourth-order valence-corrected chi connectivity index (χ4v) is 5.31. The number of benzene rings is 2. The number of amides is 1. The van der Waals surface area contributed by atoms with Gasteiger partial charge in [0, 0.05) is 67.6 Å². The third-order valence-electron chi connectivity index (χ3n) is 7.71. The Kier molecular flexibility index (Phi) is 7.40. The van der Waals surface area contributed by atoms with Crippen molar-refractivity contribution in [2.75, 3.05) is 24.5 Å². The number of carboxylic acid groups (broad SMARTS) is 1. The summed E-state index contributed by atoms with van der Waals surface area (Å²) in [4.78, 5) is 27.7. The van der Waals surface area contributed by atoms with Crippen LogP contribution in [0.3, 0.4) is 0 Å². The molecule has 0 atom stereocenters. The molecular weight excluding hydrogens is 506 g/mol. The van der Waals surface area contributed by atoms with Crippen LogP contribution in [0.2, 0.25) is 0 Å². The third kappa shape index (κ3) is 5.38. The van der Waals surface area contributed by atoms with Gasteiger partial charge in [0.1, 0.15) is 17.2 Å². The fraction of sp³-hybridized carbons (Fsp3) is 0.414. The molecule has 5 rings (SSSR count). The van der Waals surface area contributed by atoms with E-state index in [9.17, 15) is 14.0 Å². The summed E-state index contributed by atoms with van der Waals surface area (Å²) >= 11 is 0. The molecule has 0 unspecified atom stereocenters. The quantitative estimate of drug-likeness (QED) is 0.400. The summed E-state index contributed by atoms with van der Waals surface area (Å²) in [5, 5.41) is 13.8. The Morgan fingerprint density at radius 1 is 1.13 bits per heavy atom. The van der Waals surface area contributed by atoms with Crippen molar-refractivity contribution in [1.29, 1.82) is 0 Å². The molecule has 206 valence electrons. The number of likely N-dealkylation sites (tertiary alicyclic amines) is 1. The van der Waals surface area contributed by atoms with Gasteiger partial charge in [-0.1, -0.05) is 13.3 Å². The van der Waals surface area contributed by atoms with Crippen molar-refractivity contribution in [3.05, 3.63) is 70.9 Å². The first kappa shape index (κ1) is 26.8. The first-order valence-electron chi connectivity index (χ1n) is 13.3. The van der Waals surface area contributed by atoms with E-state index in [0.717, 1.165) is 18.4 Å². The molecule has 2 aliphatic rings. The lowest BCUT2D eigenvalue weighted by Gasteiger charge is -2.37. The molecule has 2 saturated heterocycles. The lowest BCUT2D eigenvalue weighted by atomic mass is 9.91. The fourth-order valence-electron chi connectivity index (χ4n) is 5.31. The first-order chi connectivity index (χ1) is 18.7. The maximum Gasteiger partial charge on any atom is 0.415 e. The van der Waals surface area contributed by atoms with Gasteiger partial charge in [-0.3, -0.25) is 14.5 Å². The molecule has 2 aromatic carbocycles. The summed E-state index contributed by atoms with van der Waals surface area (Å²) in [5.74, 6) is -2.20. The van der Waals surface area contributed by atoms with Crippen molar-refractivity contribution in [1.82, 2.24) is 14.7 Å².